The Kier molecular flexibility index (Phi) is 8.01. The Morgan fingerprint density at radius 1 is 1.17 bits per heavy atom. The van der Waals surface area contributed by atoms with E-state index in [1.165, 1.54) is 4.90 Å². The molecule has 2 aliphatic heterocycles. The molecule has 1 saturated heterocycles. The fourth-order valence-electron chi connectivity index (χ4n) is 7.25. The van der Waals surface area contributed by atoms with E-state index in [9.17, 15) is 22.8 Å². The summed E-state index contributed by atoms with van der Waals surface area (Å²) in [7, 11) is -3.94. The molecule has 4 aliphatic rings. The molecule has 13 nitrogen and oxygen atoms in total. The molecule has 0 radical (unpaired) electrons. The number of para-hydroxylation sites is 1. The van der Waals surface area contributed by atoms with Crippen LogP contribution < -0.4 is 20.5 Å². The molecule has 7 rings (SSSR count). The van der Waals surface area contributed by atoms with Crippen LogP contribution in [0.3, 0.4) is 0 Å². The van der Waals surface area contributed by atoms with Crippen molar-refractivity contribution in [2.75, 3.05) is 6.54 Å². The van der Waals surface area contributed by atoms with E-state index in [1.54, 1.807) is 13.1 Å². The van der Waals surface area contributed by atoms with Crippen molar-refractivity contribution in [1.29, 1.82) is 0 Å². The summed E-state index contributed by atoms with van der Waals surface area (Å²) in [4.78, 5) is 52.4. The number of ether oxygens (including phenoxy) is 1. The molecule has 7 atom stereocenters. The predicted octanol–water partition coefficient (Wildman–Crippen LogP) is 2.44. The van der Waals surface area contributed by atoms with E-state index in [1.807, 2.05) is 53.9 Å². The lowest BCUT2D eigenvalue weighted by Gasteiger charge is -2.30. The molecule has 2 saturated carbocycles. The first-order valence-corrected chi connectivity index (χ1v) is 18.3. The summed E-state index contributed by atoms with van der Waals surface area (Å²) >= 11 is 0. The summed E-state index contributed by atoms with van der Waals surface area (Å²) in [5.41, 5.74) is 5.97. The zero-order chi connectivity index (χ0) is 34.0. The van der Waals surface area contributed by atoms with Gasteiger partial charge in [-0.25, -0.2) is 13.4 Å². The molecule has 2 aromatic heterocycles. The summed E-state index contributed by atoms with van der Waals surface area (Å²) in [5.74, 6) is -1.14. The number of carbonyl (C=O) groups excluding carboxylic acids is 3. The van der Waals surface area contributed by atoms with E-state index in [4.69, 9.17) is 10.5 Å². The van der Waals surface area contributed by atoms with Crippen molar-refractivity contribution in [3.63, 3.8) is 0 Å². The Morgan fingerprint density at radius 2 is 1.94 bits per heavy atom. The number of allylic oxidation sites excluding steroid dienone is 1. The van der Waals surface area contributed by atoms with E-state index in [0.717, 1.165) is 30.2 Å². The maximum absolute atomic E-state index is 14.2. The number of nitrogens with one attached hydrogen (secondary N) is 2. The lowest BCUT2D eigenvalue weighted by Crippen LogP contribution is -2.58. The van der Waals surface area contributed by atoms with Gasteiger partial charge in [0.15, 0.2) is 0 Å². The van der Waals surface area contributed by atoms with Crippen molar-refractivity contribution in [2.45, 2.75) is 94.2 Å². The van der Waals surface area contributed by atoms with Crippen LogP contribution in [0, 0.1) is 17.8 Å². The van der Waals surface area contributed by atoms with Crippen LogP contribution in [0.5, 0.6) is 5.88 Å². The Hall–Kier alpha value is -4.04. The number of nitrogens with two attached hydrogens (primary N) is 1. The lowest BCUT2D eigenvalue weighted by atomic mass is 9.88. The van der Waals surface area contributed by atoms with E-state index in [0.29, 0.717) is 24.5 Å². The summed E-state index contributed by atoms with van der Waals surface area (Å²) < 4.78 is 35.7. The van der Waals surface area contributed by atoms with Crippen LogP contribution >= 0.6 is 0 Å². The minimum atomic E-state index is -3.94. The number of aromatic nitrogens is 3. The van der Waals surface area contributed by atoms with Gasteiger partial charge in [-0.2, -0.15) is 4.98 Å². The van der Waals surface area contributed by atoms with Crippen LogP contribution in [-0.2, 0) is 24.4 Å². The molecular formula is C34H43N7O6S. The SMILES string of the molecule is CC1CC/C=C\[C@@H]2C[C@@]2(C(=O)NS(=O)(=O)C2(C)CC2)NC(=O)[C@@H]2C[C@@H](Oc3nc4nccn4c4ccccc34)CN2C(=O)[C@@H](N)[C@H](C)C1. The third-order valence-corrected chi connectivity index (χ3v) is 13.0. The highest BCUT2D eigenvalue weighted by molar-refractivity contribution is 7.91. The number of sulfonamides is 1. The van der Waals surface area contributed by atoms with Crippen LogP contribution in [0.25, 0.3) is 16.7 Å². The van der Waals surface area contributed by atoms with Gasteiger partial charge in [0.1, 0.15) is 17.7 Å². The molecule has 4 heterocycles. The maximum Gasteiger partial charge on any atom is 0.259 e. The second-order valence-electron chi connectivity index (χ2n) is 14.5. The molecule has 4 N–H and O–H groups in total. The summed E-state index contributed by atoms with van der Waals surface area (Å²) in [5, 5.41) is 3.65. The second kappa shape index (κ2) is 11.8. The number of carbonyl (C=O) groups is 3. The van der Waals surface area contributed by atoms with Gasteiger partial charge in [0.05, 0.1) is 28.2 Å². The van der Waals surface area contributed by atoms with Crippen LogP contribution in [-0.4, -0.2) is 80.4 Å². The number of fused-ring (bicyclic) bond motifs is 5. The van der Waals surface area contributed by atoms with Gasteiger partial charge in [-0.3, -0.25) is 23.5 Å². The van der Waals surface area contributed by atoms with Crippen molar-refractivity contribution < 1.29 is 27.5 Å². The first kappa shape index (κ1) is 32.5. The topological polar surface area (TPSA) is 178 Å². The fourth-order valence-corrected chi connectivity index (χ4v) is 8.56. The van der Waals surface area contributed by atoms with Gasteiger partial charge in [0, 0.05) is 24.7 Å². The fraction of sp³-hybridized carbons (Fsp3) is 0.559. The van der Waals surface area contributed by atoms with E-state index < -0.39 is 50.3 Å². The molecule has 0 bridgehead atoms. The zero-order valence-electron chi connectivity index (χ0n) is 27.5. The first-order chi connectivity index (χ1) is 22.8. The molecule has 3 amide bonds. The average Bonchev–Trinajstić information content (AvgIpc) is 3.83. The van der Waals surface area contributed by atoms with Gasteiger partial charge in [0.25, 0.3) is 5.91 Å². The lowest BCUT2D eigenvalue weighted by molar-refractivity contribution is -0.141. The molecule has 256 valence electrons. The normalized spacial score (nSPS) is 32.8. The van der Waals surface area contributed by atoms with Crippen LogP contribution in [0.2, 0.25) is 0 Å². The molecule has 1 unspecified atom stereocenters. The largest absolute Gasteiger partial charge is 0.472 e. The number of amides is 3. The Bertz CT molecular complexity index is 1920. The quantitative estimate of drug-likeness (QED) is 0.342. The monoisotopic (exact) mass is 677 g/mol. The Balaban J connectivity index is 1.20. The van der Waals surface area contributed by atoms with Crippen molar-refractivity contribution >= 4 is 44.4 Å². The van der Waals surface area contributed by atoms with E-state index >= 15 is 0 Å². The third-order valence-electron chi connectivity index (χ3n) is 10.8. The van der Waals surface area contributed by atoms with E-state index in [-0.39, 0.29) is 43.0 Å². The molecule has 48 heavy (non-hydrogen) atoms. The van der Waals surface area contributed by atoms with Gasteiger partial charge in [-0.05, 0) is 69.4 Å². The smallest absolute Gasteiger partial charge is 0.259 e. The minimum Gasteiger partial charge on any atom is -0.472 e. The van der Waals surface area contributed by atoms with Crippen LogP contribution in [0.4, 0.5) is 0 Å². The Labute approximate surface area is 279 Å². The number of hydrogen-bond acceptors (Lipinski definition) is 9. The van der Waals surface area contributed by atoms with Gasteiger partial charge < -0.3 is 20.7 Å². The predicted molar refractivity (Wildman–Crippen MR) is 178 cm³/mol. The molecule has 0 spiro atoms. The molecule has 2 aliphatic carbocycles. The molecule has 3 aromatic rings. The third kappa shape index (κ3) is 5.72. The minimum absolute atomic E-state index is 0.0811. The van der Waals surface area contributed by atoms with Crippen molar-refractivity contribution in [3.05, 3.63) is 48.8 Å². The van der Waals surface area contributed by atoms with Gasteiger partial charge in [-0.1, -0.05) is 38.1 Å². The number of hydrogen-bond donors (Lipinski definition) is 3. The molecule has 14 heteroatoms. The molecule has 3 fully saturated rings. The van der Waals surface area contributed by atoms with Crippen molar-refractivity contribution in [3.8, 4) is 5.88 Å². The highest BCUT2D eigenvalue weighted by Gasteiger charge is 2.63. The van der Waals surface area contributed by atoms with E-state index in [2.05, 4.69) is 26.9 Å². The number of imidazole rings is 1. The van der Waals surface area contributed by atoms with Crippen LogP contribution in [0.1, 0.15) is 65.7 Å². The zero-order valence-corrected chi connectivity index (χ0v) is 28.3. The summed E-state index contributed by atoms with van der Waals surface area (Å²) in [6, 6.07) is 5.76. The van der Waals surface area contributed by atoms with Crippen molar-refractivity contribution in [2.24, 2.45) is 23.5 Å². The highest BCUT2D eigenvalue weighted by Crippen LogP contribution is 2.47. The van der Waals surface area contributed by atoms with Gasteiger partial charge >= 0.3 is 0 Å². The average molecular weight is 678 g/mol. The standard InChI is InChI=1S/C34H43N7O6S/c1-20-8-4-5-9-22-18-34(22,31(44)39-48(45,46)33(3)12-13-33)38-28(42)26-17-23(19-41(26)30(43)27(35)21(2)16-20)47-29-24-10-6-7-11-25(24)40-15-14-36-32(40)37-29/h5-7,9-11,14-15,20-23,26-27H,4,8,12-13,16-19,35H2,1-3H3,(H,38,42)(H,39,44)/b9-5-/t20?,21-,22-,23-,26+,27+,34-/m1/s1. The molecule has 1 aromatic carbocycles. The highest BCUT2D eigenvalue weighted by atomic mass is 32.2. The number of rotatable bonds is 5. The van der Waals surface area contributed by atoms with Gasteiger partial charge in [0.2, 0.25) is 33.5 Å². The summed E-state index contributed by atoms with van der Waals surface area (Å²) in [6.45, 7) is 5.77. The Morgan fingerprint density at radius 3 is 2.71 bits per heavy atom. The number of nitrogens with zero attached hydrogens (tertiary/aromatic N) is 4. The first-order valence-electron chi connectivity index (χ1n) is 16.8. The molecular weight excluding hydrogens is 634 g/mol. The number of benzene rings is 1. The van der Waals surface area contributed by atoms with Crippen molar-refractivity contribution in [1.82, 2.24) is 29.3 Å². The second-order valence-corrected chi connectivity index (χ2v) is 16.7. The van der Waals surface area contributed by atoms with Crippen LogP contribution in [0.15, 0.2) is 48.8 Å². The van der Waals surface area contributed by atoms with Gasteiger partial charge in [-0.15, -0.1) is 0 Å². The maximum atomic E-state index is 14.2. The summed E-state index contributed by atoms with van der Waals surface area (Å²) in [6.07, 6.45) is 10.4.